The number of rotatable bonds is 1. The van der Waals surface area contributed by atoms with E-state index in [1.54, 1.807) is 12.4 Å². The van der Waals surface area contributed by atoms with Gasteiger partial charge < -0.3 is 0 Å². The van der Waals surface area contributed by atoms with E-state index in [9.17, 15) is 0 Å². The van der Waals surface area contributed by atoms with E-state index in [4.69, 9.17) is 5.26 Å². The van der Waals surface area contributed by atoms with Gasteiger partial charge in [0.1, 0.15) is 0 Å². The second-order valence-corrected chi connectivity index (χ2v) is 3.19. The minimum atomic E-state index is 0.844. The summed E-state index contributed by atoms with van der Waals surface area (Å²) in [6, 6.07) is 6.12. The topological polar surface area (TPSA) is 36.7 Å². The van der Waals surface area contributed by atoms with Crippen LogP contribution in [0, 0.1) is 11.3 Å². The molecule has 0 amide bonds. The Kier molecular flexibility index (Phi) is 2.42. The van der Waals surface area contributed by atoms with E-state index in [0.29, 0.717) is 0 Å². The molecule has 14 heavy (non-hydrogen) atoms. The molecule has 0 saturated carbocycles. The molecule has 2 heteroatoms. The van der Waals surface area contributed by atoms with Crippen molar-refractivity contribution in [2.24, 2.45) is 0 Å². The highest BCUT2D eigenvalue weighted by Gasteiger charge is 2.09. The Balaban J connectivity index is 2.48. The molecule has 0 fully saturated rings. The molecule has 68 valence electrons. The summed E-state index contributed by atoms with van der Waals surface area (Å²) in [6.45, 7) is 0. The van der Waals surface area contributed by atoms with Crippen LogP contribution in [-0.4, -0.2) is 4.98 Å². The molecule has 1 heterocycles. The zero-order valence-electron chi connectivity index (χ0n) is 7.77. The monoisotopic (exact) mass is 182 g/mol. The summed E-state index contributed by atoms with van der Waals surface area (Å²) in [4.78, 5) is 4.05. The van der Waals surface area contributed by atoms with Crippen LogP contribution in [0.2, 0.25) is 0 Å². The van der Waals surface area contributed by atoms with Gasteiger partial charge in [-0.05, 0) is 24.5 Å². The predicted octanol–water partition coefficient (Wildman–Crippen LogP) is 2.71. The number of hydrogen-bond acceptors (Lipinski definition) is 2. The van der Waals surface area contributed by atoms with Crippen LogP contribution in [0.1, 0.15) is 18.4 Å². The zero-order valence-corrected chi connectivity index (χ0v) is 7.77. The van der Waals surface area contributed by atoms with Crippen LogP contribution < -0.4 is 0 Å². The fourth-order valence-corrected chi connectivity index (χ4v) is 1.57. The third-order valence-electron chi connectivity index (χ3n) is 2.28. The highest BCUT2D eigenvalue weighted by molar-refractivity contribution is 5.79. The van der Waals surface area contributed by atoms with Crippen LogP contribution >= 0.6 is 0 Å². The second kappa shape index (κ2) is 3.89. The van der Waals surface area contributed by atoms with Crippen LogP contribution in [0.4, 0.5) is 0 Å². The summed E-state index contributed by atoms with van der Waals surface area (Å²) in [6.07, 6.45) is 9.46. The van der Waals surface area contributed by atoms with E-state index in [1.165, 1.54) is 0 Å². The summed E-state index contributed by atoms with van der Waals surface area (Å²) in [7, 11) is 0. The van der Waals surface area contributed by atoms with Crippen molar-refractivity contribution in [3.8, 4) is 6.07 Å². The molecule has 1 aromatic rings. The van der Waals surface area contributed by atoms with Gasteiger partial charge in [0.25, 0.3) is 0 Å². The standard InChI is InChI=1S/C12H10N2/c13-8-10-4-1-2-6-12(10)11-5-3-7-14-9-11/h2-3,5-7,9H,1,4H2. The number of nitrogens with zero attached hydrogens (tertiary/aromatic N) is 2. The van der Waals surface area contributed by atoms with Gasteiger partial charge >= 0.3 is 0 Å². The molecule has 0 aliphatic heterocycles. The fourth-order valence-electron chi connectivity index (χ4n) is 1.57. The normalized spacial score (nSPS) is 15.4. The quantitative estimate of drug-likeness (QED) is 0.669. The van der Waals surface area contributed by atoms with Gasteiger partial charge in [0.05, 0.1) is 6.07 Å². The largest absolute Gasteiger partial charge is 0.264 e. The van der Waals surface area contributed by atoms with Crippen molar-refractivity contribution in [2.75, 3.05) is 0 Å². The Morgan fingerprint density at radius 1 is 1.43 bits per heavy atom. The first-order valence-electron chi connectivity index (χ1n) is 4.62. The Morgan fingerprint density at radius 3 is 3.07 bits per heavy atom. The van der Waals surface area contributed by atoms with E-state index < -0.39 is 0 Å². The molecule has 0 atom stereocenters. The van der Waals surface area contributed by atoms with Gasteiger partial charge in [0, 0.05) is 23.5 Å². The number of nitriles is 1. The highest BCUT2D eigenvalue weighted by atomic mass is 14.6. The SMILES string of the molecule is N#CC1=C(c2cccnc2)C=CCC1. The lowest BCUT2D eigenvalue weighted by Crippen LogP contribution is -1.93. The van der Waals surface area contributed by atoms with Gasteiger partial charge in [-0.3, -0.25) is 4.98 Å². The van der Waals surface area contributed by atoms with E-state index in [0.717, 1.165) is 29.6 Å². The van der Waals surface area contributed by atoms with Crippen molar-refractivity contribution in [3.05, 3.63) is 47.8 Å². The molecule has 0 bridgehead atoms. The summed E-state index contributed by atoms with van der Waals surface area (Å²) in [5.41, 5.74) is 2.91. The Hall–Kier alpha value is -1.88. The van der Waals surface area contributed by atoms with Crippen molar-refractivity contribution >= 4 is 5.57 Å². The summed E-state index contributed by atoms with van der Waals surface area (Å²) in [5.74, 6) is 0. The second-order valence-electron chi connectivity index (χ2n) is 3.19. The third-order valence-corrected chi connectivity index (χ3v) is 2.28. The molecule has 1 aliphatic carbocycles. The molecule has 2 rings (SSSR count). The maximum atomic E-state index is 8.96. The number of pyridine rings is 1. The maximum Gasteiger partial charge on any atom is 0.0953 e. The Bertz CT molecular complexity index is 421. The number of allylic oxidation sites excluding steroid dienone is 4. The number of aromatic nitrogens is 1. The maximum absolute atomic E-state index is 8.96. The minimum Gasteiger partial charge on any atom is -0.264 e. The van der Waals surface area contributed by atoms with Crippen LogP contribution in [0.5, 0.6) is 0 Å². The molecular weight excluding hydrogens is 172 g/mol. The smallest absolute Gasteiger partial charge is 0.0953 e. The molecule has 2 nitrogen and oxygen atoms in total. The van der Waals surface area contributed by atoms with E-state index in [1.807, 2.05) is 18.2 Å². The fraction of sp³-hybridized carbons (Fsp3) is 0.167. The van der Waals surface area contributed by atoms with Crippen LogP contribution in [0.3, 0.4) is 0 Å². The van der Waals surface area contributed by atoms with E-state index in [-0.39, 0.29) is 0 Å². The van der Waals surface area contributed by atoms with Crippen LogP contribution in [-0.2, 0) is 0 Å². The van der Waals surface area contributed by atoms with Crippen molar-refractivity contribution in [1.82, 2.24) is 4.98 Å². The zero-order chi connectivity index (χ0) is 9.80. The first-order valence-corrected chi connectivity index (χ1v) is 4.62. The Morgan fingerprint density at radius 2 is 2.36 bits per heavy atom. The van der Waals surface area contributed by atoms with Crippen LogP contribution in [0.15, 0.2) is 42.3 Å². The summed E-state index contributed by atoms with van der Waals surface area (Å²) >= 11 is 0. The molecule has 0 saturated heterocycles. The molecule has 1 aromatic heterocycles. The lowest BCUT2D eigenvalue weighted by molar-refractivity contribution is 0.998. The molecule has 0 radical (unpaired) electrons. The van der Waals surface area contributed by atoms with Gasteiger partial charge in [-0.25, -0.2) is 0 Å². The molecule has 0 unspecified atom stereocenters. The lowest BCUT2D eigenvalue weighted by atomic mass is 9.94. The minimum absolute atomic E-state index is 0.844. The first-order chi connectivity index (χ1) is 6.92. The molecular formula is C12H10N2. The van der Waals surface area contributed by atoms with Crippen molar-refractivity contribution < 1.29 is 0 Å². The highest BCUT2D eigenvalue weighted by Crippen LogP contribution is 2.26. The molecule has 0 spiro atoms. The Labute approximate surface area is 83.2 Å². The van der Waals surface area contributed by atoms with Crippen molar-refractivity contribution in [1.29, 1.82) is 5.26 Å². The van der Waals surface area contributed by atoms with E-state index >= 15 is 0 Å². The van der Waals surface area contributed by atoms with Gasteiger partial charge in [0.15, 0.2) is 0 Å². The lowest BCUT2D eigenvalue weighted by Gasteiger charge is -2.09. The summed E-state index contributed by atoms with van der Waals surface area (Å²) in [5, 5.41) is 8.96. The van der Waals surface area contributed by atoms with Gasteiger partial charge in [-0.15, -0.1) is 0 Å². The van der Waals surface area contributed by atoms with Gasteiger partial charge in [0.2, 0.25) is 0 Å². The van der Waals surface area contributed by atoms with Crippen molar-refractivity contribution in [3.63, 3.8) is 0 Å². The summed E-state index contributed by atoms with van der Waals surface area (Å²) < 4.78 is 0. The molecule has 0 N–H and O–H groups in total. The number of hydrogen-bond donors (Lipinski definition) is 0. The van der Waals surface area contributed by atoms with Gasteiger partial charge in [-0.1, -0.05) is 18.2 Å². The average molecular weight is 182 g/mol. The first kappa shape index (κ1) is 8.71. The molecule has 0 aromatic carbocycles. The van der Waals surface area contributed by atoms with E-state index in [2.05, 4.69) is 17.1 Å². The van der Waals surface area contributed by atoms with Gasteiger partial charge in [-0.2, -0.15) is 5.26 Å². The average Bonchev–Trinajstić information content (AvgIpc) is 2.30. The third kappa shape index (κ3) is 1.57. The van der Waals surface area contributed by atoms with Crippen LogP contribution in [0.25, 0.3) is 5.57 Å². The van der Waals surface area contributed by atoms with Crippen molar-refractivity contribution in [2.45, 2.75) is 12.8 Å². The molecule has 1 aliphatic rings. The predicted molar refractivity (Wildman–Crippen MR) is 55.1 cm³/mol.